The fourth-order valence-electron chi connectivity index (χ4n) is 5.54. The van der Waals surface area contributed by atoms with Crippen LogP contribution in [0.15, 0.2) is 152 Å². The van der Waals surface area contributed by atoms with Gasteiger partial charge in [0.25, 0.3) is 0 Å². The molecule has 0 amide bonds. The zero-order valence-corrected chi connectivity index (χ0v) is 24.5. The predicted octanol–water partition coefficient (Wildman–Crippen LogP) is 8.79. The van der Waals surface area contributed by atoms with E-state index in [4.69, 9.17) is 12.2 Å². The van der Waals surface area contributed by atoms with Gasteiger partial charge in [0.2, 0.25) is 0 Å². The van der Waals surface area contributed by atoms with Crippen molar-refractivity contribution < 1.29 is 0 Å². The van der Waals surface area contributed by atoms with E-state index in [1.807, 2.05) is 30.3 Å². The lowest BCUT2D eigenvalue weighted by Gasteiger charge is -2.34. The molecule has 4 nitrogen and oxygen atoms in total. The van der Waals surface area contributed by atoms with Gasteiger partial charge in [-0.3, -0.25) is 0 Å². The molecule has 204 valence electrons. The molecule has 2 atom stereocenters. The molecule has 1 saturated heterocycles. The molecule has 0 unspecified atom stereocenters. The maximum absolute atomic E-state index is 5.68. The molecule has 5 aromatic rings. The average molecular weight is 573 g/mol. The normalized spacial score (nSPS) is 16.9. The lowest BCUT2D eigenvalue weighted by atomic mass is 9.92. The van der Waals surface area contributed by atoms with E-state index in [9.17, 15) is 0 Å². The highest BCUT2D eigenvalue weighted by molar-refractivity contribution is 7.80. The Balaban J connectivity index is 1.41. The number of nitrogens with zero attached hydrogens (tertiary/aromatic N) is 2. The molecule has 6 rings (SSSR count). The third-order valence-electron chi connectivity index (χ3n) is 7.28. The van der Waals surface area contributed by atoms with Gasteiger partial charge in [0, 0.05) is 29.8 Å². The molecular formula is C35H33N4PS. The zero-order chi connectivity index (χ0) is 27.9. The molecule has 0 radical (unpaired) electrons. The standard InChI is InChI=1S/C35H33N4PS/c41-35(37-30-20-10-3-11-21-30)36-26-27-40-38(31-22-12-4-13-23-31)33(28-16-6-1-7-17-28)34(29-18-8-2-9-19-29)39(40)32-24-14-5-15-25-32/h1-25,33-34H,26-27H2,(H2,36,37,41)/t33-,34-/m1/s1. The van der Waals surface area contributed by atoms with Gasteiger partial charge >= 0.3 is 0 Å². The Morgan fingerprint density at radius 1 is 0.561 bits per heavy atom. The van der Waals surface area contributed by atoms with Crippen molar-refractivity contribution in [2.24, 2.45) is 0 Å². The smallest absolute Gasteiger partial charge is 0.170 e. The number of hydrogen-bond acceptors (Lipinski definition) is 3. The minimum atomic E-state index is -0.824. The minimum absolute atomic E-state index is 0.127. The molecule has 1 fully saturated rings. The third kappa shape index (κ3) is 6.12. The second-order valence-corrected chi connectivity index (χ2v) is 12.4. The number of anilines is 3. The summed E-state index contributed by atoms with van der Waals surface area (Å²) in [7, 11) is -0.824. The van der Waals surface area contributed by atoms with Crippen molar-refractivity contribution in [3.05, 3.63) is 163 Å². The lowest BCUT2D eigenvalue weighted by molar-refractivity contribution is 0.618. The third-order valence-corrected chi connectivity index (χ3v) is 10.1. The Bertz CT molecular complexity index is 1430. The first-order chi connectivity index (χ1) is 20.3. The minimum Gasteiger partial charge on any atom is -0.362 e. The van der Waals surface area contributed by atoms with E-state index >= 15 is 0 Å². The number of benzene rings is 5. The number of para-hydroxylation sites is 3. The molecule has 0 saturated carbocycles. The van der Waals surface area contributed by atoms with Crippen LogP contribution in [0.5, 0.6) is 0 Å². The second kappa shape index (κ2) is 13.0. The Hall–Kier alpha value is -4.18. The average Bonchev–Trinajstić information content (AvgIpc) is 3.38. The SMILES string of the molecule is S=C(NCCP1N(c2ccccc2)[C@H](c2ccccc2)[C@@H](c2ccccc2)N1c1ccccc1)Nc1ccccc1. The van der Waals surface area contributed by atoms with Gasteiger partial charge < -0.3 is 20.0 Å². The predicted molar refractivity (Wildman–Crippen MR) is 179 cm³/mol. The first-order valence-electron chi connectivity index (χ1n) is 14.0. The first kappa shape index (κ1) is 27.0. The molecule has 0 aliphatic carbocycles. The number of thiocarbonyl (C=S) groups is 1. The van der Waals surface area contributed by atoms with E-state index in [0.29, 0.717) is 5.11 Å². The van der Waals surface area contributed by atoms with Crippen LogP contribution in [0.1, 0.15) is 23.2 Å². The van der Waals surface area contributed by atoms with Gasteiger partial charge in [-0.05, 0) is 59.7 Å². The van der Waals surface area contributed by atoms with Crippen LogP contribution in [0.2, 0.25) is 0 Å². The van der Waals surface area contributed by atoms with Crippen molar-refractivity contribution in [3.63, 3.8) is 0 Å². The van der Waals surface area contributed by atoms with Gasteiger partial charge in [-0.2, -0.15) is 0 Å². The van der Waals surface area contributed by atoms with Crippen LogP contribution < -0.4 is 20.0 Å². The molecule has 1 aliphatic rings. The number of hydrogen-bond donors (Lipinski definition) is 2. The van der Waals surface area contributed by atoms with Gasteiger partial charge in [0.05, 0.1) is 20.3 Å². The monoisotopic (exact) mass is 572 g/mol. The summed E-state index contributed by atoms with van der Waals surface area (Å²) < 4.78 is 5.34. The molecule has 1 heterocycles. The summed E-state index contributed by atoms with van der Waals surface area (Å²) in [5.74, 6) is 0. The van der Waals surface area contributed by atoms with Crippen molar-refractivity contribution in [2.75, 3.05) is 27.4 Å². The van der Waals surface area contributed by atoms with Crippen LogP contribution >= 0.6 is 20.4 Å². The highest BCUT2D eigenvalue weighted by Crippen LogP contribution is 2.66. The highest BCUT2D eigenvalue weighted by atomic mass is 32.1. The van der Waals surface area contributed by atoms with Gasteiger partial charge in [0.15, 0.2) is 5.11 Å². The summed E-state index contributed by atoms with van der Waals surface area (Å²) in [6, 6.07) is 54.0. The van der Waals surface area contributed by atoms with Crippen LogP contribution in [0.25, 0.3) is 0 Å². The summed E-state index contributed by atoms with van der Waals surface area (Å²) in [4.78, 5) is 0. The van der Waals surface area contributed by atoms with Crippen LogP contribution in [-0.4, -0.2) is 17.8 Å². The zero-order valence-electron chi connectivity index (χ0n) is 22.8. The molecule has 2 N–H and O–H groups in total. The van der Waals surface area contributed by atoms with Crippen molar-refractivity contribution in [2.45, 2.75) is 12.1 Å². The van der Waals surface area contributed by atoms with Crippen molar-refractivity contribution in [1.29, 1.82) is 0 Å². The Kier molecular flexibility index (Phi) is 8.56. The molecule has 6 heteroatoms. The van der Waals surface area contributed by atoms with E-state index < -0.39 is 8.22 Å². The van der Waals surface area contributed by atoms with Gasteiger partial charge in [-0.15, -0.1) is 0 Å². The molecule has 5 aromatic carbocycles. The number of nitrogens with one attached hydrogen (secondary N) is 2. The van der Waals surface area contributed by atoms with Gasteiger partial charge in [-0.25, -0.2) is 0 Å². The summed E-state index contributed by atoms with van der Waals surface area (Å²) in [6.45, 7) is 0.750. The fourth-order valence-corrected chi connectivity index (χ4v) is 8.60. The van der Waals surface area contributed by atoms with Crippen molar-refractivity contribution >= 4 is 42.6 Å². The summed E-state index contributed by atoms with van der Waals surface area (Å²) in [5.41, 5.74) is 6.08. The van der Waals surface area contributed by atoms with Gasteiger partial charge in [-0.1, -0.05) is 115 Å². The van der Waals surface area contributed by atoms with Gasteiger partial charge in [0.1, 0.15) is 0 Å². The van der Waals surface area contributed by atoms with Crippen molar-refractivity contribution in [1.82, 2.24) is 5.32 Å². The van der Waals surface area contributed by atoms with Crippen LogP contribution in [0.3, 0.4) is 0 Å². The Morgan fingerprint density at radius 2 is 0.951 bits per heavy atom. The number of rotatable bonds is 8. The topological polar surface area (TPSA) is 30.5 Å². The molecule has 1 aliphatic heterocycles. The lowest BCUT2D eigenvalue weighted by Crippen LogP contribution is -2.32. The van der Waals surface area contributed by atoms with E-state index in [1.54, 1.807) is 0 Å². The van der Waals surface area contributed by atoms with Crippen LogP contribution in [0.4, 0.5) is 17.1 Å². The Labute approximate surface area is 249 Å². The largest absolute Gasteiger partial charge is 0.362 e. The highest BCUT2D eigenvalue weighted by Gasteiger charge is 2.48. The fraction of sp³-hybridized carbons (Fsp3) is 0.114. The van der Waals surface area contributed by atoms with Crippen LogP contribution in [0, 0.1) is 0 Å². The van der Waals surface area contributed by atoms with Crippen LogP contribution in [-0.2, 0) is 0 Å². The molecule has 0 bridgehead atoms. The summed E-state index contributed by atoms with van der Waals surface area (Å²) >= 11 is 5.68. The van der Waals surface area contributed by atoms with E-state index in [0.717, 1.165) is 18.4 Å². The summed E-state index contributed by atoms with van der Waals surface area (Å²) in [6.07, 6.45) is 0.919. The quantitative estimate of drug-likeness (QED) is 0.143. The Morgan fingerprint density at radius 3 is 1.39 bits per heavy atom. The molecule has 41 heavy (non-hydrogen) atoms. The molecule has 0 spiro atoms. The summed E-state index contributed by atoms with van der Waals surface area (Å²) in [5, 5.41) is 7.46. The van der Waals surface area contributed by atoms with Crippen molar-refractivity contribution in [3.8, 4) is 0 Å². The maximum Gasteiger partial charge on any atom is 0.170 e. The maximum atomic E-state index is 5.68. The van der Waals surface area contributed by atoms with E-state index in [1.165, 1.54) is 22.5 Å². The first-order valence-corrected chi connectivity index (χ1v) is 15.8. The molecule has 0 aromatic heterocycles. The molecular weight excluding hydrogens is 539 g/mol. The second-order valence-electron chi connectivity index (χ2n) is 9.91. The van der Waals surface area contributed by atoms with E-state index in [2.05, 4.69) is 141 Å². The van der Waals surface area contributed by atoms with E-state index in [-0.39, 0.29) is 12.1 Å².